The highest BCUT2D eigenvalue weighted by atomic mass is 16.3. The van der Waals surface area contributed by atoms with E-state index in [0.29, 0.717) is 0 Å². The predicted octanol–water partition coefficient (Wildman–Crippen LogP) is 2.45. The molecule has 1 N–H and O–H groups in total. The summed E-state index contributed by atoms with van der Waals surface area (Å²) in [6.45, 7) is 7.05. The zero-order valence-electron chi connectivity index (χ0n) is 7.25. The van der Waals surface area contributed by atoms with Crippen molar-refractivity contribution in [2.24, 2.45) is 0 Å². The molecule has 0 bridgehead atoms. The molecule has 0 rings (SSSR count). The molecule has 0 aliphatic rings. The van der Waals surface area contributed by atoms with Crippen molar-refractivity contribution in [1.82, 2.24) is 0 Å². The first-order valence-electron chi connectivity index (χ1n) is 3.74. The van der Waals surface area contributed by atoms with Gasteiger partial charge < -0.3 is 5.11 Å². The summed E-state index contributed by atoms with van der Waals surface area (Å²) >= 11 is 0. The van der Waals surface area contributed by atoms with E-state index in [1.54, 1.807) is 26.0 Å². The predicted molar refractivity (Wildman–Crippen MR) is 49.4 cm³/mol. The van der Waals surface area contributed by atoms with Gasteiger partial charge in [-0.2, -0.15) is 0 Å². The van der Waals surface area contributed by atoms with Crippen LogP contribution in [0.4, 0.5) is 0 Å². The molecule has 0 fully saturated rings. The Balaban J connectivity index is 3.61. The van der Waals surface area contributed by atoms with E-state index in [4.69, 9.17) is 0 Å². The molecule has 0 aliphatic carbocycles. The van der Waals surface area contributed by atoms with Gasteiger partial charge in [0.2, 0.25) is 0 Å². The highest BCUT2D eigenvalue weighted by molar-refractivity contribution is 5.03. The van der Waals surface area contributed by atoms with Crippen LogP contribution >= 0.6 is 0 Å². The Labute approximate surface area is 68.7 Å². The second-order valence-corrected chi connectivity index (χ2v) is 2.96. The van der Waals surface area contributed by atoms with Gasteiger partial charge in [0.25, 0.3) is 0 Å². The van der Waals surface area contributed by atoms with E-state index in [9.17, 15) is 5.11 Å². The van der Waals surface area contributed by atoms with Crippen LogP contribution < -0.4 is 0 Å². The summed E-state index contributed by atoms with van der Waals surface area (Å²) in [6.07, 6.45) is 10.2. The van der Waals surface area contributed by atoms with Gasteiger partial charge in [-0.1, -0.05) is 37.0 Å². The fourth-order valence-electron chi connectivity index (χ4n) is 0.610. The monoisotopic (exact) mass is 152 g/mol. The van der Waals surface area contributed by atoms with Crippen LogP contribution in [0.25, 0.3) is 0 Å². The number of aliphatic hydroxyl groups is 1. The Morgan fingerprint density at radius 3 is 2.45 bits per heavy atom. The topological polar surface area (TPSA) is 20.2 Å². The second kappa shape index (κ2) is 4.91. The minimum atomic E-state index is -0.692. The summed E-state index contributed by atoms with van der Waals surface area (Å²) in [7, 11) is 0. The summed E-state index contributed by atoms with van der Waals surface area (Å²) in [5, 5.41) is 9.24. The lowest BCUT2D eigenvalue weighted by atomic mass is 10.1. The number of rotatable bonds is 4. The molecule has 0 heterocycles. The van der Waals surface area contributed by atoms with Gasteiger partial charge in [0.1, 0.15) is 0 Å². The minimum Gasteiger partial charge on any atom is -0.386 e. The summed E-state index contributed by atoms with van der Waals surface area (Å²) in [5.74, 6) is 0. The molecule has 1 nitrogen and oxygen atoms in total. The van der Waals surface area contributed by atoms with Gasteiger partial charge in [-0.05, 0) is 20.3 Å². The van der Waals surface area contributed by atoms with Crippen molar-refractivity contribution < 1.29 is 5.11 Å². The normalized spacial score (nSPS) is 13.0. The molecular weight excluding hydrogens is 136 g/mol. The van der Waals surface area contributed by atoms with Crippen LogP contribution in [0, 0.1) is 0 Å². The fourth-order valence-corrected chi connectivity index (χ4v) is 0.610. The van der Waals surface area contributed by atoms with E-state index < -0.39 is 5.60 Å². The molecule has 0 saturated heterocycles. The summed E-state index contributed by atoms with van der Waals surface area (Å²) in [5.41, 5.74) is -0.692. The molecule has 0 aromatic heterocycles. The molecule has 11 heavy (non-hydrogen) atoms. The maximum atomic E-state index is 9.24. The lowest BCUT2D eigenvalue weighted by molar-refractivity contribution is 0.133. The number of hydrogen-bond acceptors (Lipinski definition) is 1. The van der Waals surface area contributed by atoms with Crippen LogP contribution in [0.3, 0.4) is 0 Å². The first-order valence-corrected chi connectivity index (χ1v) is 3.74. The van der Waals surface area contributed by atoms with E-state index in [2.05, 4.69) is 6.58 Å². The van der Waals surface area contributed by atoms with Gasteiger partial charge in [-0.15, -0.1) is 0 Å². The van der Waals surface area contributed by atoms with Crippen molar-refractivity contribution in [3.05, 3.63) is 37.0 Å². The van der Waals surface area contributed by atoms with Crippen LogP contribution in [0.1, 0.15) is 20.3 Å². The second-order valence-electron chi connectivity index (χ2n) is 2.96. The summed E-state index contributed by atoms with van der Waals surface area (Å²) in [6, 6.07) is 0. The van der Waals surface area contributed by atoms with Gasteiger partial charge in [-0.25, -0.2) is 0 Å². The molecule has 0 aromatic carbocycles. The van der Waals surface area contributed by atoms with E-state index >= 15 is 0 Å². The molecule has 0 saturated carbocycles. The first-order chi connectivity index (χ1) is 5.06. The lowest BCUT2D eigenvalue weighted by Gasteiger charge is -2.09. The molecule has 0 radical (unpaired) electrons. The van der Waals surface area contributed by atoms with Gasteiger partial charge in [0.15, 0.2) is 0 Å². The molecule has 0 atom stereocenters. The standard InChI is InChI=1S/C10H16O/c1-4-5-6-7-8-9-10(2,3)11/h4-6,8-9,11H,1,7H2,2-3H3/b6-5+,9-8+. The molecule has 0 amide bonds. The average Bonchev–Trinajstić information content (AvgIpc) is 1.85. The van der Waals surface area contributed by atoms with E-state index in [1.165, 1.54) is 0 Å². The van der Waals surface area contributed by atoms with Gasteiger partial charge >= 0.3 is 0 Å². The van der Waals surface area contributed by atoms with Crippen LogP contribution in [-0.4, -0.2) is 10.7 Å². The fraction of sp³-hybridized carbons (Fsp3) is 0.400. The molecule has 0 unspecified atom stereocenters. The van der Waals surface area contributed by atoms with E-state index in [0.717, 1.165) is 6.42 Å². The smallest absolute Gasteiger partial charge is 0.0771 e. The van der Waals surface area contributed by atoms with Crippen molar-refractivity contribution in [3.8, 4) is 0 Å². The van der Waals surface area contributed by atoms with Crippen LogP contribution in [0.2, 0.25) is 0 Å². The number of allylic oxidation sites excluding steroid dienone is 4. The third-order valence-corrected chi connectivity index (χ3v) is 1.07. The maximum Gasteiger partial charge on any atom is 0.0771 e. The lowest BCUT2D eigenvalue weighted by Crippen LogP contribution is -2.13. The molecule has 0 aliphatic heterocycles. The Morgan fingerprint density at radius 1 is 1.36 bits per heavy atom. The van der Waals surface area contributed by atoms with Gasteiger partial charge in [0, 0.05) is 0 Å². The van der Waals surface area contributed by atoms with E-state index in [-0.39, 0.29) is 0 Å². The first kappa shape index (κ1) is 10.2. The molecular formula is C10H16O. The highest BCUT2D eigenvalue weighted by Crippen LogP contribution is 2.02. The van der Waals surface area contributed by atoms with Crippen LogP contribution in [0.5, 0.6) is 0 Å². The molecule has 0 spiro atoms. The summed E-state index contributed by atoms with van der Waals surface area (Å²) in [4.78, 5) is 0. The molecule has 62 valence electrons. The Bertz CT molecular complexity index is 158. The average molecular weight is 152 g/mol. The van der Waals surface area contributed by atoms with Crippen molar-refractivity contribution in [1.29, 1.82) is 0 Å². The number of hydrogen-bond donors (Lipinski definition) is 1. The molecule has 1 heteroatoms. The van der Waals surface area contributed by atoms with E-state index in [1.807, 2.05) is 18.2 Å². The van der Waals surface area contributed by atoms with Crippen molar-refractivity contribution >= 4 is 0 Å². The maximum absolute atomic E-state index is 9.24. The molecule has 0 aromatic rings. The highest BCUT2D eigenvalue weighted by Gasteiger charge is 2.04. The third kappa shape index (κ3) is 9.18. The quantitative estimate of drug-likeness (QED) is 0.484. The Hall–Kier alpha value is -0.820. The Kier molecular flexibility index (Phi) is 4.55. The van der Waals surface area contributed by atoms with Crippen molar-refractivity contribution in [2.45, 2.75) is 25.9 Å². The minimum absolute atomic E-state index is 0.692. The SMILES string of the molecule is C=C/C=C/C/C=C/C(C)(C)O. The van der Waals surface area contributed by atoms with Crippen molar-refractivity contribution in [2.75, 3.05) is 0 Å². The van der Waals surface area contributed by atoms with Crippen molar-refractivity contribution in [3.63, 3.8) is 0 Å². The van der Waals surface area contributed by atoms with Crippen LogP contribution in [-0.2, 0) is 0 Å². The summed E-state index contributed by atoms with van der Waals surface area (Å²) < 4.78 is 0. The Morgan fingerprint density at radius 2 is 2.00 bits per heavy atom. The largest absolute Gasteiger partial charge is 0.386 e. The van der Waals surface area contributed by atoms with Gasteiger partial charge in [-0.3, -0.25) is 0 Å². The third-order valence-electron chi connectivity index (χ3n) is 1.07. The van der Waals surface area contributed by atoms with Gasteiger partial charge in [0.05, 0.1) is 5.60 Å². The zero-order valence-corrected chi connectivity index (χ0v) is 7.25. The zero-order chi connectivity index (χ0) is 8.74. The van der Waals surface area contributed by atoms with Crippen LogP contribution in [0.15, 0.2) is 37.0 Å².